The van der Waals surface area contributed by atoms with E-state index >= 15 is 0 Å². The normalized spacial score (nSPS) is 16.4. The molecule has 1 saturated heterocycles. The van der Waals surface area contributed by atoms with Gasteiger partial charge in [-0.15, -0.1) is 24.0 Å². The lowest BCUT2D eigenvalue weighted by Gasteiger charge is -2.32. The minimum absolute atomic E-state index is 0. The van der Waals surface area contributed by atoms with Crippen molar-refractivity contribution in [2.45, 2.75) is 44.9 Å². The molecule has 5 nitrogen and oxygen atoms in total. The number of halogens is 4. The standard InChI is InChI=1S/C19H29F3N4O.HI/c1-3-9-26-10-7-16(8-11-26)25-18(23-2)24-13-15-5-4-6-17(12-15)27-14-19(20,21)22;/h4-6,12,16H,3,7-11,13-14H2,1-2H3,(H2,23,24,25);1H. The average molecular weight is 514 g/mol. The quantitative estimate of drug-likeness (QED) is 0.331. The van der Waals surface area contributed by atoms with Gasteiger partial charge in [-0.05, 0) is 43.5 Å². The number of aliphatic imine (C=N–C) groups is 1. The van der Waals surface area contributed by atoms with E-state index < -0.39 is 12.8 Å². The third-order valence-corrected chi connectivity index (χ3v) is 4.45. The molecule has 1 heterocycles. The molecule has 2 rings (SSSR count). The molecule has 1 fully saturated rings. The molecule has 0 aliphatic carbocycles. The summed E-state index contributed by atoms with van der Waals surface area (Å²) in [5, 5.41) is 6.65. The molecule has 0 radical (unpaired) electrons. The Kier molecular flexibility index (Phi) is 10.9. The molecule has 0 unspecified atom stereocenters. The summed E-state index contributed by atoms with van der Waals surface area (Å²) < 4.78 is 41.6. The van der Waals surface area contributed by atoms with Crippen molar-refractivity contribution in [1.82, 2.24) is 15.5 Å². The highest BCUT2D eigenvalue weighted by atomic mass is 127. The van der Waals surface area contributed by atoms with Gasteiger partial charge in [-0.1, -0.05) is 19.1 Å². The van der Waals surface area contributed by atoms with Gasteiger partial charge in [0, 0.05) is 32.7 Å². The number of guanidine groups is 1. The van der Waals surface area contributed by atoms with Crippen molar-refractivity contribution < 1.29 is 17.9 Å². The number of piperidine rings is 1. The van der Waals surface area contributed by atoms with Crippen LogP contribution in [0.1, 0.15) is 31.7 Å². The molecule has 0 aromatic heterocycles. The van der Waals surface area contributed by atoms with Crippen LogP contribution in [0.15, 0.2) is 29.3 Å². The second kappa shape index (κ2) is 12.4. The molecule has 1 aromatic carbocycles. The van der Waals surface area contributed by atoms with Gasteiger partial charge in [-0.25, -0.2) is 0 Å². The zero-order valence-corrected chi connectivity index (χ0v) is 18.7. The highest BCUT2D eigenvalue weighted by molar-refractivity contribution is 14.0. The van der Waals surface area contributed by atoms with Crippen molar-refractivity contribution in [2.75, 3.05) is 33.3 Å². The maximum absolute atomic E-state index is 12.3. The van der Waals surface area contributed by atoms with Crippen molar-refractivity contribution in [1.29, 1.82) is 0 Å². The van der Waals surface area contributed by atoms with E-state index in [1.807, 2.05) is 6.07 Å². The lowest BCUT2D eigenvalue weighted by atomic mass is 10.1. The van der Waals surface area contributed by atoms with Crippen LogP contribution in [0.5, 0.6) is 5.75 Å². The van der Waals surface area contributed by atoms with Crippen molar-refractivity contribution in [3.8, 4) is 5.75 Å². The van der Waals surface area contributed by atoms with Gasteiger partial charge in [0.1, 0.15) is 5.75 Å². The lowest BCUT2D eigenvalue weighted by Crippen LogP contribution is -2.48. The van der Waals surface area contributed by atoms with Crippen LogP contribution in [-0.4, -0.2) is 56.4 Å². The summed E-state index contributed by atoms with van der Waals surface area (Å²) in [5.74, 6) is 0.906. The number of ether oxygens (including phenoxy) is 1. The molecule has 2 N–H and O–H groups in total. The highest BCUT2D eigenvalue weighted by Gasteiger charge is 2.28. The Bertz CT molecular complexity index is 605. The summed E-state index contributed by atoms with van der Waals surface area (Å²) >= 11 is 0. The van der Waals surface area contributed by atoms with E-state index in [9.17, 15) is 13.2 Å². The van der Waals surface area contributed by atoms with E-state index in [-0.39, 0.29) is 29.7 Å². The number of hydrogen-bond acceptors (Lipinski definition) is 3. The number of hydrogen-bond donors (Lipinski definition) is 2. The summed E-state index contributed by atoms with van der Waals surface area (Å²) in [7, 11) is 1.71. The van der Waals surface area contributed by atoms with Crippen LogP contribution >= 0.6 is 24.0 Å². The van der Waals surface area contributed by atoms with Crippen LogP contribution < -0.4 is 15.4 Å². The van der Waals surface area contributed by atoms with Crippen LogP contribution in [0, 0.1) is 0 Å². The third-order valence-electron chi connectivity index (χ3n) is 4.45. The maximum atomic E-state index is 12.3. The van der Waals surface area contributed by atoms with E-state index in [1.165, 1.54) is 12.5 Å². The van der Waals surface area contributed by atoms with Crippen LogP contribution in [-0.2, 0) is 6.54 Å². The molecule has 0 atom stereocenters. The minimum Gasteiger partial charge on any atom is -0.484 e. The molecule has 1 aliphatic rings. The molecule has 0 spiro atoms. The van der Waals surface area contributed by atoms with E-state index in [0.717, 1.165) is 38.0 Å². The number of nitrogens with one attached hydrogen (secondary N) is 2. The third kappa shape index (κ3) is 9.31. The summed E-state index contributed by atoms with van der Waals surface area (Å²) in [5.41, 5.74) is 0.829. The zero-order chi connectivity index (χ0) is 19.7. The van der Waals surface area contributed by atoms with Crippen molar-refractivity contribution >= 4 is 29.9 Å². The number of alkyl halides is 3. The first-order valence-corrected chi connectivity index (χ1v) is 9.37. The Morgan fingerprint density at radius 3 is 2.61 bits per heavy atom. The molecular formula is C19H30F3IN4O. The molecule has 160 valence electrons. The van der Waals surface area contributed by atoms with E-state index in [1.54, 1.807) is 19.2 Å². The molecule has 0 saturated carbocycles. The molecule has 0 bridgehead atoms. The van der Waals surface area contributed by atoms with Gasteiger partial charge in [0.05, 0.1) is 0 Å². The summed E-state index contributed by atoms with van der Waals surface area (Å²) in [6.45, 7) is 4.68. The second-order valence-corrected chi connectivity index (χ2v) is 6.74. The summed E-state index contributed by atoms with van der Waals surface area (Å²) in [4.78, 5) is 6.72. The predicted molar refractivity (Wildman–Crippen MR) is 116 cm³/mol. The van der Waals surface area contributed by atoms with Gasteiger partial charge >= 0.3 is 6.18 Å². The first-order chi connectivity index (χ1) is 12.9. The first kappa shape index (κ1) is 24.8. The van der Waals surface area contributed by atoms with Gasteiger partial charge in [-0.2, -0.15) is 13.2 Å². The van der Waals surface area contributed by atoms with E-state index in [0.29, 0.717) is 18.5 Å². The van der Waals surface area contributed by atoms with Crippen LogP contribution in [0.25, 0.3) is 0 Å². The van der Waals surface area contributed by atoms with Gasteiger partial charge in [0.2, 0.25) is 0 Å². The highest BCUT2D eigenvalue weighted by Crippen LogP contribution is 2.19. The van der Waals surface area contributed by atoms with Crippen LogP contribution in [0.4, 0.5) is 13.2 Å². The molecule has 28 heavy (non-hydrogen) atoms. The first-order valence-electron chi connectivity index (χ1n) is 9.37. The number of rotatable bonds is 7. The van der Waals surface area contributed by atoms with Crippen molar-refractivity contribution in [3.63, 3.8) is 0 Å². The second-order valence-electron chi connectivity index (χ2n) is 6.74. The monoisotopic (exact) mass is 514 g/mol. The van der Waals surface area contributed by atoms with Crippen molar-refractivity contribution in [2.24, 2.45) is 4.99 Å². The van der Waals surface area contributed by atoms with Gasteiger partial charge in [0.25, 0.3) is 0 Å². The number of nitrogens with zero attached hydrogens (tertiary/aromatic N) is 2. The fourth-order valence-electron chi connectivity index (χ4n) is 3.10. The Morgan fingerprint density at radius 1 is 1.29 bits per heavy atom. The largest absolute Gasteiger partial charge is 0.484 e. The average Bonchev–Trinajstić information content (AvgIpc) is 2.65. The molecule has 1 aromatic rings. The molecular weight excluding hydrogens is 484 g/mol. The topological polar surface area (TPSA) is 48.9 Å². The van der Waals surface area contributed by atoms with Crippen molar-refractivity contribution in [3.05, 3.63) is 29.8 Å². The van der Waals surface area contributed by atoms with Crippen LogP contribution in [0.2, 0.25) is 0 Å². The fourth-order valence-corrected chi connectivity index (χ4v) is 3.10. The smallest absolute Gasteiger partial charge is 0.422 e. The SMILES string of the molecule is CCCN1CCC(NC(=NC)NCc2cccc(OCC(F)(F)F)c2)CC1.I. The Labute approximate surface area is 182 Å². The molecule has 9 heteroatoms. The predicted octanol–water partition coefficient (Wildman–Crippen LogP) is 3.79. The van der Waals surface area contributed by atoms with Crippen LogP contribution in [0.3, 0.4) is 0 Å². The van der Waals surface area contributed by atoms with Gasteiger partial charge in [0.15, 0.2) is 12.6 Å². The fraction of sp³-hybridized carbons (Fsp3) is 0.632. The van der Waals surface area contributed by atoms with Gasteiger partial charge < -0.3 is 20.3 Å². The van der Waals surface area contributed by atoms with E-state index in [2.05, 4.69) is 27.4 Å². The Hall–Kier alpha value is -1.23. The molecule has 0 amide bonds. The van der Waals surface area contributed by atoms with E-state index in [4.69, 9.17) is 4.74 Å². The number of likely N-dealkylation sites (tertiary alicyclic amines) is 1. The zero-order valence-electron chi connectivity index (χ0n) is 16.4. The minimum atomic E-state index is -4.34. The lowest BCUT2D eigenvalue weighted by molar-refractivity contribution is -0.153. The summed E-state index contributed by atoms with van der Waals surface area (Å²) in [6.07, 6.45) is -1.02. The Morgan fingerprint density at radius 2 is 2.00 bits per heavy atom. The summed E-state index contributed by atoms with van der Waals surface area (Å²) in [6, 6.07) is 7.03. The van der Waals surface area contributed by atoms with Gasteiger partial charge in [-0.3, -0.25) is 4.99 Å². The Balaban J connectivity index is 0.00000392. The number of benzene rings is 1. The molecule has 1 aliphatic heterocycles. The maximum Gasteiger partial charge on any atom is 0.422 e.